The number of halogens is 1. The van der Waals surface area contributed by atoms with Gasteiger partial charge in [0.25, 0.3) is 0 Å². The lowest BCUT2D eigenvalue weighted by Gasteiger charge is -2.32. The Bertz CT molecular complexity index is 583. The van der Waals surface area contributed by atoms with E-state index in [4.69, 9.17) is 21.4 Å². The summed E-state index contributed by atoms with van der Waals surface area (Å²) < 4.78 is 5.11. The Kier molecular flexibility index (Phi) is 5.13. The van der Waals surface area contributed by atoms with Crippen molar-refractivity contribution in [2.45, 2.75) is 25.8 Å². The highest BCUT2D eigenvalue weighted by atomic mass is 35.5. The number of aromatic carboxylic acids is 1. The Labute approximate surface area is 134 Å². The van der Waals surface area contributed by atoms with Gasteiger partial charge in [-0.3, -0.25) is 4.79 Å². The van der Waals surface area contributed by atoms with Crippen LogP contribution < -0.4 is 10.1 Å². The minimum Gasteiger partial charge on any atom is -0.496 e. The first-order valence-electron chi connectivity index (χ1n) is 7.05. The van der Waals surface area contributed by atoms with Gasteiger partial charge in [0.05, 0.1) is 17.8 Å². The maximum absolute atomic E-state index is 11.3. The van der Waals surface area contributed by atoms with Crippen molar-refractivity contribution in [1.29, 1.82) is 0 Å². The topological polar surface area (TPSA) is 78.9 Å². The second-order valence-corrected chi connectivity index (χ2v) is 5.67. The largest absolute Gasteiger partial charge is 0.496 e. The number of ether oxygens (including phenoxy) is 1. The molecule has 1 aromatic carbocycles. The number of methoxy groups -OCH3 is 1. The van der Waals surface area contributed by atoms with Gasteiger partial charge in [0.2, 0.25) is 5.91 Å². The van der Waals surface area contributed by atoms with Gasteiger partial charge in [-0.05, 0) is 18.9 Å². The third kappa shape index (κ3) is 3.62. The zero-order chi connectivity index (χ0) is 16.3. The van der Waals surface area contributed by atoms with Gasteiger partial charge < -0.3 is 20.1 Å². The van der Waals surface area contributed by atoms with E-state index in [1.807, 2.05) is 4.90 Å². The first-order valence-corrected chi connectivity index (χ1v) is 7.43. The van der Waals surface area contributed by atoms with Gasteiger partial charge in [-0.1, -0.05) is 11.6 Å². The molecule has 0 radical (unpaired) electrons. The van der Waals surface area contributed by atoms with Crippen molar-refractivity contribution < 1.29 is 19.4 Å². The number of nitrogens with zero attached hydrogens (tertiary/aromatic N) is 1. The highest BCUT2D eigenvalue weighted by Crippen LogP contribution is 2.32. The van der Waals surface area contributed by atoms with Crippen molar-refractivity contribution in [1.82, 2.24) is 4.90 Å². The number of piperidine rings is 1. The summed E-state index contributed by atoms with van der Waals surface area (Å²) >= 11 is 6.15. The highest BCUT2D eigenvalue weighted by molar-refractivity contribution is 6.33. The van der Waals surface area contributed by atoms with Gasteiger partial charge in [-0.15, -0.1) is 0 Å². The maximum atomic E-state index is 11.3. The van der Waals surface area contributed by atoms with Gasteiger partial charge >= 0.3 is 5.97 Å². The van der Waals surface area contributed by atoms with Crippen molar-refractivity contribution in [3.63, 3.8) is 0 Å². The fraction of sp³-hybridized carbons (Fsp3) is 0.467. The van der Waals surface area contributed by atoms with Gasteiger partial charge in [-0.25, -0.2) is 4.79 Å². The average Bonchev–Trinajstić information content (AvgIpc) is 2.49. The van der Waals surface area contributed by atoms with E-state index in [1.54, 1.807) is 13.0 Å². The molecule has 0 bridgehead atoms. The van der Waals surface area contributed by atoms with E-state index >= 15 is 0 Å². The van der Waals surface area contributed by atoms with Crippen LogP contribution in [0.1, 0.15) is 30.1 Å². The number of carboxylic acid groups (broad SMARTS) is 1. The van der Waals surface area contributed by atoms with E-state index in [0.29, 0.717) is 23.8 Å². The molecule has 0 saturated carbocycles. The first kappa shape index (κ1) is 16.4. The van der Waals surface area contributed by atoms with E-state index in [1.165, 1.54) is 13.2 Å². The van der Waals surface area contributed by atoms with Gasteiger partial charge in [0.1, 0.15) is 11.3 Å². The van der Waals surface area contributed by atoms with E-state index in [-0.39, 0.29) is 23.3 Å². The molecule has 0 unspecified atom stereocenters. The number of benzene rings is 1. The van der Waals surface area contributed by atoms with Gasteiger partial charge in [0.15, 0.2) is 0 Å². The zero-order valence-electron chi connectivity index (χ0n) is 12.6. The molecular formula is C15H19ClN2O4. The smallest absolute Gasteiger partial charge is 0.339 e. The summed E-state index contributed by atoms with van der Waals surface area (Å²) in [6, 6.07) is 3.17. The molecule has 1 aliphatic rings. The molecule has 1 heterocycles. The molecule has 1 aromatic rings. The van der Waals surface area contributed by atoms with Crippen LogP contribution in [0.4, 0.5) is 5.69 Å². The number of carbonyl (C=O) groups excluding carboxylic acids is 1. The second kappa shape index (κ2) is 6.87. The van der Waals surface area contributed by atoms with Gasteiger partial charge in [-0.2, -0.15) is 0 Å². The SMILES string of the molecule is COc1cc(NC2CCN(C(C)=O)CC2)c(Cl)cc1C(=O)O. The third-order valence-electron chi connectivity index (χ3n) is 3.82. The van der Waals surface area contributed by atoms with E-state index in [9.17, 15) is 9.59 Å². The standard InChI is InChI=1S/C15H19ClN2O4/c1-9(19)18-5-3-10(4-6-18)17-13-8-14(22-2)11(15(20)21)7-12(13)16/h7-8,10,17H,3-6H2,1-2H3,(H,20,21). The summed E-state index contributed by atoms with van der Waals surface area (Å²) in [5.74, 6) is -0.732. The summed E-state index contributed by atoms with van der Waals surface area (Å²) in [7, 11) is 1.42. The Morgan fingerprint density at radius 2 is 2.00 bits per heavy atom. The van der Waals surface area contributed by atoms with Gasteiger partial charge in [0, 0.05) is 32.1 Å². The lowest BCUT2D eigenvalue weighted by Crippen LogP contribution is -2.41. The normalized spacial score (nSPS) is 15.5. The molecule has 0 aromatic heterocycles. The van der Waals surface area contributed by atoms with Crippen molar-refractivity contribution >= 4 is 29.2 Å². The maximum Gasteiger partial charge on any atom is 0.339 e. The number of carboxylic acids is 1. The molecule has 120 valence electrons. The van der Waals surface area contributed by atoms with Crippen LogP contribution in [0.3, 0.4) is 0 Å². The van der Waals surface area contributed by atoms with Crippen LogP contribution in [0, 0.1) is 0 Å². The van der Waals surface area contributed by atoms with E-state index in [2.05, 4.69) is 5.32 Å². The molecule has 1 aliphatic heterocycles. The number of hydrogen-bond acceptors (Lipinski definition) is 4. The highest BCUT2D eigenvalue weighted by Gasteiger charge is 2.22. The van der Waals surface area contributed by atoms with E-state index in [0.717, 1.165) is 12.8 Å². The Morgan fingerprint density at radius 3 is 2.50 bits per heavy atom. The number of rotatable bonds is 4. The molecular weight excluding hydrogens is 308 g/mol. The Balaban J connectivity index is 2.10. The fourth-order valence-electron chi connectivity index (χ4n) is 2.56. The predicted octanol–water partition coefficient (Wildman–Crippen LogP) is 2.47. The molecule has 6 nitrogen and oxygen atoms in total. The first-order chi connectivity index (χ1) is 10.4. The molecule has 1 amide bonds. The summed E-state index contributed by atoms with van der Waals surface area (Å²) in [6.45, 7) is 2.98. The Hall–Kier alpha value is -1.95. The Morgan fingerprint density at radius 1 is 1.36 bits per heavy atom. The number of hydrogen-bond donors (Lipinski definition) is 2. The average molecular weight is 327 g/mol. The summed E-state index contributed by atoms with van der Waals surface area (Å²) in [5.41, 5.74) is 0.675. The minimum atomic E-state index is -1.08. The van der Waals surface area contributed by atoms with Crippen molar-refractivity contribution in [3.05, 3.63) is 22.7 Å². The lowest BCUT2D eigenvalue weighted by atomic mass is 10.0. The number of likely N-dealkylation sites (tertiary alicyclic amines) is 1. The molecule has 1 saturated heterocycles. The number of amides is 1. The molecule has 0 atom stereocenters. The number of carbonyl (C=O) groups is 2. The predicted molar refractivity (Wildman–Crippen MR) is 83.9 cm³/mol. The van der Waals surface area contributed by atoms with Crippen LogP contribution in [0.5, 0.6) is 5.75 Å². The molecule has 22 heavy (non-hydrogen) atoms. The van der Waals surface area contributed by atoms with Crippen LogP contribution in [-0.4, -0.2) is 48.1 Å². The van der Waals surface area contributed by atoms with Crippen LogP contribution in [0.25, 0.3) is 0 Å². The van der Waals surface area contributed by atoms with Crippen LogP contribution in [-0.2, 0) is 4.79 Å². The molecule has 2 rings (SSSR count). The fourth-order valence-corrected chi connectivity index (χ4v) is 2.78. The summed E-state index contributed by atoms with van der Waals surface area (Å²) in [6.07, 6.45) is 1.64. The van der Waals surface area contributed by atoms with Crippen molar-refractivity contribution in [2.24, 2.45) is 0 Å². The van der Waals surface area contributed by atoms with E-state index < -0.39 is 5.97 Å². The summed E-state index contributed by atoms with van der Waals surface area (Å²) in [4.78, 5) is 24.3. The lowest BCUT2D eigenvalue weighted by molar-refractivity contribution is -0.129. The van der Waals surface area contributed by atoms with Crippen molar-refractivity contribution in [3.8, 4) is 5.75 Å². The zero-order valence-corrected chi connectivity index (χ0v) is 13.3. The summed E-state index contributed by atoms with van der Waals surface area (Å²) in [5, 5.41) is 12.8. The third-order valence-corrected chi connectivity index (χ3v) is 4.13. The molecule has 1 fully saturated rings. The number of nitrogens with one attached hydrogen (secondary N) is 1. The second-order valence-electron chi connectivity index (χ2n) is 5.26. The molecule has 2 N–H and O–H groups in total. The van der Waals surface area contributed by atoms with Crippen LogP contribution >= 0.6 is 11.6 Å². The van der Waals surface area contributed by atoms with Crippen LogP contribution in [0.2, 0.25) is 5.02 Å². The van der Waals surface area contributed by atoms with Crippen LogP contribution in [0.15, 0.2) is 12.1 Å². The number of anilines is 1. The molecule has 0 aliphatic carbocycles. The van der Waals surface area contributed by atoms with Crippen molar-refractivity contribution in [2.75, 3.05) is 25.5 Å². The minimum absolute atomic E-state index is 0.0319. The molecule has 7 heteroatoms. The monoisotopic (exact) mass is 326 g/mol. The quantitative estimate of drug-likeness (QED) is 0.888. The molecule has 0 spiro atoms.